The maximum absolute atomic E-state index is 12.6. The molecule has 1 heterocycles. The molecule has 140 valence electrons. The van der Waals surface area contributed by atoms with Gasteiger partial charge in [-0.3, -0.25) is 14.4 Å². The minimum absolute atomic E-state index is 0.0582. The van der Waals surface area contributed by atoms with E-state index in [1.165, 1.54) is 6.92 Å². The van der Waals surface area contributed by atoms with Crippen molar-refractivity contribution in [2.45, 2.75) is 19.9 Å². The van der Waals surface area contributed by atoms with Gasteiger partial charge in [0.05, 0.1) is 0 Å². The van der Waals surface area contributed by atoms with Crippen LogP contribution >= 0.6 is 0 Å². The smallest absolute Gasteiger partial charge is 0.293 e. The summed E-state index contributed by atoms with van der Waals surface area (Å²) in [6.07, 6.45) is 3.43. The van der Waals surface area contributed by atoms with Crippen LogP contribution in [0.2, 0.25) is 0 Å². The summed E-state index contributed by atoms with van der Waals surface area (Å²) in [5.41, 5.74) is 2.29. The summed E-state index contributed by atoms with van der Waals surface area (Å²) in [6, 6.07) is 18.8. The fourth-order valence-corrected chi connectivity index (χ4v) is 2.80. The van der Waals surface area contributed by atoms with Gasteiger partial charge in [-0.25, -0.2) is 0 Å². The number of carbonyl (C=O) groups is 3. The van der Waals surface area contributed by atoms with Gasteiger partial charge in [-0.2, -0.15) is 4.57 Å². The molecule has 1 aromatic heterocycles. The van der Waals surface area contributed by atoms with Crippen molar-refractivity contribution in [1.82, 2.24) is 0 Å². The van der Waals surface area contributed by atoms with E-state index in [4.69, 9.17) is 0 Å². The highest BCUT2D eigenvalue weighted by Gasteiger charge is 2.22. The van der Waals surface area contributed by atoms with E-state index in [1.807, 2.05) is 18.2 Å². The summed E-state index contributed by atoms with van der Waals surface area (Å²) >= 11 is 0. The molecule has 1 N–H and O–H groups in total. The zero-order chi connectivity index (χ0) is 20.1. The van der Waals surface area contributed by atoms with Gasteiger partial charge in [-0.15, -0.1) is 0 Å². The summed E-state index contributed by atoms with van der Waals surface area (Å²) in [4.78, 5) is 36.5. The number of Topliss-reactive ketones (excluding diaryl/α,β-unsaturated/α-hetero) is 1. The molecule has 0 radical (unpaired) electrons. The monoisotopic (exact) mass is 373 g/mol. The van der Waals surface area contributed by atoms with Gasteiger partial charge in [0.25, 0.3) is 5.91 Å². The molecular formula is C23H21N2O3+. The van der Waals surface area contributed by atoms with E-state index in [1.54, 1.807) is 72.4 Å². The molecule has 28 heavy (non-hydrogen) atoms. The molecular weight excluding hydrogens is 352 g/mol. The number of rotatable bonds is 6. The molecule has 3 rings (SSSR count). The van der Waals surface area contributed by atoms with E-state index < -0.39 is 6.04 Å². The van der Waals surface area contributed by atoms with E-state index in [-0.39, 0.29) is 17.5 Å². The summed E-state index contributed by atoms with van der Waals surface area (Å²) in [5, 5.41) is 2.82. The largest absolute Gasteiger partial charge is 0.320 e. The Balaban J connectivity index is 1.71. The van der Waals surface area contributed by atoms with Gasteiger partial charge < -0.3 is 5.32 Å². The lowest BCUT2D eigenvalue weighted by molar-refractivity contribution is -0.705. The fraction of sp³-hybridized carbons (Fsp3) is 0.130. The van der Waals surface area contributed by atoms with Gasteiger partial charge in [-0.1, -0.05) is 42.5 Å². The Morgan fingerprint density at radius 2 is 1.43 bits per heavy atom. The molecule has 0 aliphatic carbocycles. The number of hydrogen-bond donors (Lipinski definition) is 1. The quantitative estimate of drug-likeness (QED) is 0.530. The highest BCUT2D eigenvalue weighted by molar-refractivity contribution is 6.08. The Morgan fingerprint density at radius 3 is 2.07 bits per heavy atom. The second-order valence-corrected chi connectivity index (χ2v) is 6.53. The molecule has 0 fully saturated rings. The second-order valence-electron chi connectivity index (χ2n) is 6.53. The Morgan fingerprint density at radius 1 is 0.821 bits per heavy atom. The van der Waals surface area contributed by atoms with Crippen molar-refractivity contribution in [2.75, 3.05) is 5.32 Å². The van der Waals surface area contributed by atoms with Gasteiger partial charge in [-0.05, 0) is 19.1 Å². The van der Waals surface area contributed by atoms with E-state index in [0.717, 1.165) is 0 Å². The number of carbonyl (C=O) groups excluding carboxylic acids is 3. The Bertz CT molecular complexity index is 1010. The summed E-state index contributed by atoms with van der Waals surface area (Å²) in [7, 11) is 0. The van der Waals surface area contributed by atoms with Crippen molar-refractivity contribution in [2.24, 2.45) is 0 Å². The maximum Gasteiger partial charge on any atom is 0.293 e. The number of hydrogen-bond acceptors (Lipinski definition) is 3. The first-order chi connectivity index (χ1) is 13.5. The average molecular weight is 373 g/mol. The number of nitrogens with one attached hydrogen (secondary N) is 1. The van der Waals surface area contributed by atoms with E-state index in [2.05, 4.69) is 5.32 Å². The average Bonchev–Trinajstić information content (AvgIpc) is 2.73. The van der Waals surface area contributed by atoms with E-state index >= 15 is 0 Å². The van der Waals surface area contributed by atoms with Crippen LogP contribution in [0, 0.1) is 0 Å². The van der Waals surface area contributed by atoms with Gasteiger partial charge >= 0.3 is 0 Å². The van der Waals surface area contributed by atoms with E-state index in [0.29, 0.717) is 22.4 Å². The van der Waals surface area contributed by atoms with Crippen LogP contribution in [0.25, 0.3) is 0 Å². The molecule has 3 aromatic rings. The minimum Gasteiger partial charge on any atom is -0.320 e. The van der Waals surface area contributed by atoms with Crippen LogP contribution in [0.3, 0.4) is 0 Å². The normalized spacial score (nSPS) is 11.5. The van der Waals surface area contributed by atoms with Crippen molar-refractivity contribution >= 4 is 23.2 Å². The van der Waals surface area contributed by atoms with Crippen molar-refractivity contribution in [3.05, 3.63) is 95.8 Å². The first kappa shape index (κ1) is 19.2. The van der Waals surface area contributed by atoms with Crippen LogP contribution in [0.15, 0.2) is 79.1 Å². The van der Waals surface area contributed by atoms with Crippen molar-refractivity contribution < 1.29 is 19.0 Å². The first-order valence-electron chi connectivity index (χ1n) is 8.98. The van der Waals surface area contributed by atoms with E-state index in [9.17, 15) is 14.4 Å². The molecule has 5 heteroatoms. The Hall–Kier alpha value is -3.60. The van der Waals surface area contributed by atoms with Crippen LogP contribution in [0.4, 0.5) is 5.69 Å². The lowest BCUT2D eigenvalue weighted by Crippen LogP contribution is -2.44. The molecule has 0 bridgehead atoms. The number of nitrogens with zero attached hydrogens (tertiary/aromatic N) is 1. The highest BCUT2D eigenvalue weighted by atomic mass is 16.2. The molecule has 1 atom stereocenters. The molecule has 1 amide bonds. The van der Waals surface area contributed by atoms with Gasteiger partial charge in [0.1, 0.15) is 0 Å². The zero-order valence-electron chi connectivity index (χ0n) is 15.8. The second kappa shape index (κ2) is 8.39. The number of benzene rings is 2. The third kappa shape index (κ3) is 4.38. The number of ketones is 2. The number of pyridine rings is 1. The van der Waals surface area contributed by atoms with Crippen molar-refractivity contribution in [3.8, 4) is 0 Å². The standard InChI is InChI=1S/C23H20N2O3/c1-16(23(28)24-21-10-6-9-20(15-21)17(2)26)25-13-11-19(12-14-25)22(27)18-7-4-3-5-8-18/h3-16H,1-2H3/p+1/t16-/m0/s1. The van der Waals surface area contributed by atoms with Crippen LogP contribution in [-0.4, -0.2) is 17.5 Å². The number of amides is 1. The molecule has 5 nitrogen and oxygen atoms in total. The SMILES string of the molecule is CC(=O)c1cccc(NC(=O)[C@H](C)[n+]2ccc(C(=O)c3ccccc3)cc2)c1. The van der Waals surface area contributed by atoms with Crippen LogP contribution < -0.4 is 9.88 Å². The summed E-state index contributed by atoms with van der Waals surface area (Å²) < 4.78 is 1.73. The van der Waals surface area contributed by atoms with Crippen LogP contribution in [-0.2, 0) is 4.79 Å². The molecule has 0 saturated heterocycles. The molecule has 0 saturated carbocycles. The predicted molar refractivity (Wildman–Crippen MR) is 106 cm³/mol. The maximum atomic E-state index is 12.6. The van der Waals surface area contributed by atoms with Crippen molar-refractivity contribution in [3.63, 3.8) is 0 Å². The van der Waals surface area contributed by atoms with Crippen LogP contribution in [0.1, 0.15) is 46.2 Å². The van der Waals surface area contributed by atoms with Gasteiger partial charge in [0.2, 0.25) is 6.04 Å². The molecule has 2 aromatic carbocycles. The lowest BCUT2D eigenvalue weighted by Gasteiger charge is -2.10. The Kier molecular flexibility index (Phi) is 5.75. The van der Waals surface area contributed by atoms with Crippen molar-refractivity contribution in [1.29, 1.82) is 0 Å². The summed E-state index contributed by atoms with van der Waals surface area (Å²) in [6.45, 7) is 3.25. The number of anilines is 1. The zero-order valence-corrected chi connectivity index (χ0v) is 15.8. The van der Waals surface area contributed by atoms with Crippen LogP contribution in [0.5, 0.6) is 0 Å². The highest BCUT2D eigenvalue weighted by Crippen LogP contribution is 2.13. The minimum atomic E-state index is -0.484. The van der Waals surface area contributed by atoms with Gasteiger partial charge in [0, 0.05) is 41.4 Å². The predicted octanol–water partition coefficient (Wildman–Crippen LogP) is 3.61. The molecule has 0 unspecified atom stereocenters. The molecule has 0 aliphatic rings. The third-order valence-electron chi connectivity index (χ3n) is 4.51. The first-order valence-corrected chi connectivity index (χ1v) is 8.98. The topological polar surface area (TPSA) is 67.1 Å². The third-order valence-corrected chi connectivity index (χ3v) is 4.51. The molecule has 0 spiro atoms. The summed E-state index contributed by atoms with van der Waals surface area (Å²) in [5.74, 6) is -0.337. The fourth-order valence-electron chi connectivity index (χ4n) is 2.80. The molecule has 0 aliphatic heterocycles. The van der Waals surface area contributed by atoms with Gasteiger partial charge in [0.15, 0.2) is 24.0 Å². The Labute approximate surface area is 163 Å². The lowest BCUT2D eigenvalue weighted by atomic mass is 10.0. The number of aromatic nitrogens is 1.